The molecular weight excluding hydrogens is 198 g/mol. The van der Waals surface area contributed by atoms with Gasteiger partial charge in [0.25, 0.3) is 0 Å². The van der Waals surface area contributed by atoms with Crippen LogP contribution >= 0.6 is 0 Å². The van der Waals surface area contributed by atoms with Crippen molar-refractivity contribution in [3.8, 4) is 11.5 Å². The predicted octanol–water partition coefficient (Wildman–Crippen LogP) is 0.890. The Bertz CT molecular complexity index is 391. The lowest BCUT2D eigenvalue weighted by molar-refractivity contribution is -0.137. The molecule has 1 aliphatic heterocycles. The van der Waals surface area contributed by atoms with Crippen molar-refractivity contribution in [2.45, 2.75) is 12.5 Å². The molecule has 1 heterocycles. The molecule has 5 heteroatoms. The van der Waals surface area contributed by atoms with Gasteiger partial charge in [0.2, 0.25) is 6.79 Å². The molecule has 0 bridgehead atoms. The summed E-state index contributed by atoms with van der Waals surface area (Å²) in [4.78, 5) is 10.5. The Labute approximate surface area is 86.4 Å². The molecule has 15 heavy (non-hydrogen) atoms. The van der Waals surface area contributed by atoms with E-state index in [9.17, 15) is 4.79 Å². The van der Waals surface area contributed by atoms with Crippen molar-refractivity contribution in [2.24, 2.45) is 5.73 Å². The summed E-state index contributed by atoms with van der Waals surface area (Å²) in [5.41, 5.74) is 6.43. The Morgan fingerprint density at radius 1 is 1.53 bits per heavy atom. The van der Waals surface area contributed by atoms with Gasteiger partial charge in [-0.1, -0.05) is 12.1 Å². The lowest BCUT2D eigenvalue weighted by atomic mass is 10.0. The second-order valence-corrected chi connectivity index (χ2v) is 3.29. The molecule has 0 aromatic heterocycles. The molecule has 0 saturated carbocycles. The van der Waals surface area contributed by atoms with Crippen molar-refractivity contribution < 1.29 is 19.4 Å². The fourth-order valence-electron chi connectivity index (χ4n) is 1.54. The number of carboxylic acid groups (broad SMARTS) is 1. The van der Waals surface area contributed by atoms with E-state index in [2.05, 4.69) is 0 Å². The van der Waals surface area contributed by atoms with E-state index in [1.54, 1.807) is 18.2 Å². The Balaban J connectivity index is 2.28. The second kappa shape index (κ2) is 3.78. The fraction of sp³-hybridized carbons (Fsp3) is 0.300. The number of aliphatic carboxylic acids is 1. The molecule has 5 nitrogen and oxygen atoms in total. The predicted molar refractivity (Wildman–Crippen MR) is 51.7 cm³/mol. The summed E-state index contributed by atoms with van der Waals surface area (Å²) in [6, 6.07) is 4.71. The fourth-order valence-corrected chi connectivity index (χ4v) is 1.54. The minimum atomic E-state index is -0.931. The Morgan fingerprint density at radius 3 is 3.07 bits per heavy atom. The summed E-state index contributed by atoms with van der Waals surface area (Å²) in [6.07, 6.45) is -0.125. The number of benzene rings is 1. The molecule has 0 aliphatic carbocycles. The maximum atomic E-state index is 10.5. The Hall–Kier alpha value is -1.75. The highest BCUT2D eigenvalue weighted by Gasteiger charge is 2.22. The van der Waals surface area contributed by atoms with E-state index in [4.69, 9.17) is 20.3 Å². The number of fused-ring (bicyclic) bond motifs is 1. The molecule has 3 N–H and O–H groups in total. The molecule has 0 spiro atoms. The average molecular weight is 209 g/mol. The highest BCUT2D eigenvalue weighted by atomic mass is 16.7. The number of hydrogen-bond donors (Lipinski definition) is 2. The zero-order valence-corrected chi connectivity index (χ0v) is 7.97. The van der Waals surface area contributed by atoms with Crippen molar-refractivity contribution in [3.05, 3.63) is 23.8 Å². The SMILES string of the molecule is NC(CC(=O)O)c1cccc2c1OCO2. The quantitative estimate of drug-likeness (QED) is 0.772. The van der Waals surface area contributed by atoms with Crippen LogP contribution in [0.3, 0.4) is 0 Å². The minimum Gasteiger partial charge on any atom is -0.481 e. The first-order valence-corrected chi connectivity index (χ1v) is 4.54. The highest BCUT2D eigenvalue weighted by molar-refractivity contribution is 5.68. The molecule has 1 unspecified atom stereocenters. The zero-order chi connectivity index (χ0) is 10.8. The largest absolute Gasteiger partial charge is 0.481 e. The molecule has 0 radical (unpaired) electrons. The van der Waals surface area contributed by atoms with Crippen LogP contribution in [0.15, 0.2) is 18.2 Å². The summed E-state index contributed by atoms with van der Waals surface area (Å²) in [7, 11) is 0. The van der Waals surface area contributed by atoms with Gasteiger partial charge >= 0.3 is 5.97 Å². The molecule has 0 amide bonds. The third kappa shape index (κ3) is 1.87. The maximum absolute atomic E-state index is 10.5. The Morgan fingerprint density at radius 2 is 2.33 bits per heavy atom. The third-order valence-corrected chi connectivity index (χ3v) is 2.22. The normalized spacial score (nSPS) is 15.0. The van der Waals surface area contributed by atoms with Crippen LogP contribution in [0.2, 0.25) is 0 Å². The van der Waals surface area contributed by atoms with Gasteiger partial charge in [0.1, 0.15) is 0 Å². The van der Waals surface area contributed by atoms with Crippen molar-refractivity contribution in [1.29, 1.82) is 0 Å². The van der Waals surface area contributed by atoms with Gasteiger partial charge in [-0.05, 0) is 6.07 Å². The number of hydrogen-bond acceptors (Lipinski definition) is 4. The summed E-state index contributed by atoms with van der Waals surface area (Å²) < 4.78 is 10.4. The molecular formula is C10H11NO4. The molecule has 1 atom stereocenters. The van der Waals surface area contributed by atoms with Crippen molar-refractivity contribution in [2.75, 3.05) is 6.79 Å². The van der Waals surface area contributed by atoms with Crippen LogP contribution in [0.5, 0.6) is 11.5 Å². The van der Waals surface area contributed by atoms with Crippen LogP contribution < -0.4 is 15.2 Å². The van der Waals surface area contributed by atoms with E-state index in [0.717, 1.165) is 0 Å². The van der Waals surface area contributed by atoms with Crippen molar-refractivity contribution in [3.63, 3.8) is 0 Å². The molecule has 0 fully saturated rings. The number of nitrogens with two attached hydrogens (primary N) is 1. The molecule has 2 rings (SSSR count). The highest BCUT2D eigenvalue weighted by Crippen LogP contribution is 2.38. The van der Waals surface area contributed by atoms with Crippen LogP contribution in [-0.4, -0.2) is 17.9 Å². The number of ether oxygens (including phenoxy) is 2. The molecule has 80 valence electrons. The molecule has 1 aromatic rings. The van der Waals surface area contributed by atoms with Gasteiger partial charge in [-0.15, -0.1) is 0 Å². The van der Waals surface area contributed by atoms with Gasteiger partial charge in [0.05, 0.1) is 6.42 Å². The van der Waals surface area contributed by atoms with E-state index in [0.29, 0.717) is 17.1 Å². The lowest BCUT2D eigenvalue weighted by Crippen LogP contribution is -2.15. The van der Waals surface area contributed by atoms with Crippen molar-refractivity contribution >= 4 is 5.97 Å². The van der Waals surface area contributed by atoms with Gasteiger partial charge < -0.3 is 20.3 Å². The van der Waals surface area contributed by atoms with Crippen molar-refractivity contribution in [1.82, 2.24) is 0 Å². The van der Waals surface area contributed by atoms with Gasteiger partial charge in [-0.25, -0.2) is 0 Å². The number of carbonyl (C=O) groups is 1. The van der Waals surface area contributed by atoms with Gasteiger partial charge in [0, 0.05) is 11.6 Å². The third-order valence-electron chi connectivity index (χ3n) is 2.22. The van der Waals surface area contributed by atoms with Gasteiger partial charge in [0.15, 0.2) is 11.5 Å². The number of rotatable bonds is 3. The van der Waals surface area contributed by atoms with E-state index >= 15 is 0 Å². The van der Waals surface area contributed by atoms with Gasteiger partial charge in [-0.3, -0.25) is 4.79 Å². The molecule has 1 aliphatic rings. The second-order valence-electron chi connectivity index (χ2n) is 3.29. The van der Waals surface area contributed by atoms with Crippen LogP contribution in [0.4, 0.5) is 0 Å². The van der Waals surface area contributed by atoms with E-state index < -0.39 is 12.0 Å². The lowest BCUT2D eigenvalue weighted by Gasteiger charge is -2.11. The summed E-state index contributed by atoms with van der Waals surface area (Å²) in [5.74, 6) is 0.249. The van der Waals surface area contributed by atoms with Crippen LogP contribution in [0, 0.1) is 0 Å². The van der Waals surface area contributed by atoms with Gasteiger partial charge in [-0.2, -0.15) is 0 Å². The summed E-state index contributed by atoms with van der Waals surface area (Å²) in [5, 5.41) is 8.64. The first-order chi connectivity index (χ1) is 7.18. The molecule has 1 aromatic carbocycles. The number of carboxylic acids is 1. The van der Waals surface area contributed by atoms with Crippen LogP contribution in [0.1, 0.15) is 18.0 Å². The van der Waals surface area contributed by atoms with Crippen LogP contribution in [-0.2, 0) is 4.79 Å². The Kier molecular flexibility index (Phi) is 2.47. The minimum absolute atomic E-state index is 0.125. The van der Waals surface area contributed by atoms with E-state index in [1.807, 2.05) is 0 Å². The first-order valence-electron chi connectivity index (χ1n) is 4.54. The maximum Gasteiger partial charge on any atom is 0.305 e. The zero-order valence-electron chi connectivity index (χ0n) is 7.97. The van der Waals surface area contributed by atoms with Crippen LogP contribution in [0.25, 0.3) is 0 Å². The number of para-hydroxylation sites is 1. The summed E-state index contributed by atoms with van der Waals surface area (Å²) in [6.45, 7) is 0.159. The average Bonchev–Trinajstić information content (AvgIpc) is 2.63. The van der Waals surface area contributed by atoms with E-state index in [-0.39, 0.29) is 13.2 Å². The first kappa shape index (κ1) is 9.79. The topological polar surface area (TPSA) is 81.8 Å². The smallest absolute Gasteiger partial charge is 0.305 e. The standard InChI is InChI=1S/C10H11NO4/c11-7(4-9(12)13)6-2-1-3-8-10(6)15-5-14-8/h1-3,7H,4-5,11H2,(H,12,13). The van der Waals surface area contributed by atoms with E-state index in [1.165, 1.54) is 0 Å². The monoisotopic (exact) mass is 209 g/mol. The molecule has 0 saturated heterocycles. The summed E-state index contributed by atoms with van der Waals surface area (Å²) >= 11 is 0.